The van der Waals surface area contributed by atoms with Crippen LogP contribution in [0.4, 0.5) is 0 Å². The SMILES string of the molecule is CC1C[C@@H](N)CCC1Br. The topological polar surface area (TPSA) is 26.0 Å². The second kappa shape index (κ2) is 3.02. The fourth-order valence-electron chi connectivity index (χ4n) is 1.40. The van der Waals surface area contributed by atoms with Crippen LogP contribution in [0.3, 0.4) is 0 Å². The Morgan fingerprint density at radius 2 is 2.11 bits per heavy atom. The quantitative estimate of drug-likeness (QED) is 0.583. The molecule has 2 heteroatoms. The lowest BCUT2D eigenvalue weighted by Crippen LogP contribution is -2.32. The average Bonchev–Trinajstić information content (AvgIpc) is 1.80. The average molecular weight is 192 g/mol. The van der Waals surface area contributed by atoms with Crippen molar-refractivity contribution in [3.05, 3.63) is 0 Å². The van der Waals surface area contributed by atoms with Crippen molar-refractivity contribution in [1.82, 2.24) is 0 Å². The zero-order valence-electron chi connectivity index (χ0n) is 5.81. The number of hydrogen-bond donors (Lipinski definition) is 1. The van der Waals surface area contributed by atoms with E-state index in [0.717, 1.165) is 10.7 Å². The molecule has 1 saturated carbocycles. The van der Waals surface area contributed by atoms with Crippen LogP contribution in [0, 0.1) is 5.92 Å². The first kappa shape index (κ1) is 7.55. The van der Waals surface area contributed by atoms with E-state index in [4.69, 9.17) is 5.73 Å². The van der Waals surface area contributed by atoms with Gasteiger partial charge in [0.2, 0.25) is 0 Å². The molecule has 1 fully saturated rings. The Bertz CT molecular complexity index is 94.9. The van der Waals surface area contributed by atoms with Crippen LogP contribution in [0.1, 0.15) is 26.2 Å². The van der Waals surface area contributed by atoms with Gasteiger partial charge in [-0.25, -0.2) is 0 Å². The molecule has 0 bridgehead atoms. The molecule has 1 aliphatic carbocycles. The first-order chi connectivity index (χ1) is 4.20. The summed E-state index contributed by atoms with van der Waals surface area (Å²) in [6.45, 7) is 2.26. The number of nitrogens with two attached hydrogens (primary N) is 1. The van der Waals surface area contributed by atoms with Gasteiger partial charge in [0.1, 0.15) is 0 Å². The lowest BCUT2D eigenvalue weighted by Gasteiger charge is -2.28. The van der Waals surface area contributed by atoms with Gasteiger partial charge < -0.3 is 5.73 Å². The Hall–Kier alpha value is 0.440. The molecule has 0 amide bonds. The maximum Gasteiger partial charge on any atom is 0.0172 e. The third-order valence-corrected chi connectivity index (χ3v) is 3.47. The Balaban J connectivity index is 2.35. The standard InChI is InChI=1S/C7H14BrN/c1-5-4-6(9)2-3-7(5)8/h5-7H,2-4,9H2,1H3/t5?,6-,7?/m0/s1. The van der Waals surface area contributed by atoms with E-state index in [1.807, 2.05) is 0 Å². The summed E-state index contributed by atoms with van der Waals surface area (Å²) < 4.78 is 0. The van der Waals surface area contributed by atoms with Gasteiger partial charge >= 0.3 is 0 Å². The smallest absolute Gasteiger partial charge is 0.0172 e. The molecular formula is C7H14BrN. The minimum atomic E-state index is 0.466. The minimum Gasteiger partial charge on any atom is -0.328 e. The summed E-state index contributed by atoms with van der Waals surface area (Å²) >= 11 is 3.63. The summed E-state index contributed by atoms with van der Waals surface area (Å²) in [6.07, 6.45) is 3.64. The van der Waals surface area contributed by atoms with E-state index in [-0.39, 0.29) is 0 Å². The molecule has 2 N–H and O–H groups in total. The number of rotatable bonds is 0. The molecule has 0 heterocycles. The molecule has 9 heavy (non-hydrogen) atoms. The highest BCUT2D eigenvalue weighted by atomic mass is 79.9. The van der Waals surface area contributed by atoms with Gasteiger partial charge in [0.15, 0.2) is 0 Å². The minimum absolute atomic E-state index is 0.466. The van der Waals surface area contributed by atoms with Gasteiger partial charge in [-0.15, -0.1) is 0 Å². The predicted molar refractivity (Wildman–Crippen MR) is 43.7 cm³/mol. The molecule has 1 nitrogen and oxygen atoms in total. The largest absolute Gasteiger partial charge is 0.328 e. The maximum atomic E-state index is 5.77. The molecule has 0 spiro atoms. The van der Waals surface area contributed by atoms with Gasteiger partial charge in [0.05, 0.1) is 0 Å². The van der Waals surface area contributed by atoms with Crippen molar-refractivity contribution in [2.75, 3.05) is 0 Å². The fraction of sp³-hybridized carbons (Fsp3) is 1.00. The summed E-state index contributed by atoms with van der Waals surface area (Å²) in [4.78, 5) is 0.720. The molecule has 3 atom stereocenters. The van der Waals surface area contributed by atoms with Crippen molar-refractivity contribution >= 4 is 15.9 Å². The van der Waals surface area contributed by atoms with Crippen LogP contribution in [0.15, 0.2) is 0 Å². The van der Waals surface area contributed by atoms with E-state index >= 15 is 0 Å². The number of alkyl halides is 1. The van der Waals surface area contributed by atoms with Gasteiger partial charge in [-0.1, -0.05) is 22.9 Å². The second-order valence-corrected chi connectivity index (χ2v) is 4.24. The van der Waals surface area contributed by atoms with Crippen LogP contribution in [0.2, 0.25) is 0 Å². The van der Waals surface area contributed by atoms with Crippen LogP contribution in [0.5, 0.6) is 0 Å². The maximum absolute atomic E-state index is 5.77. The third-order valence-electron chi connectivity index (χ3n) is 2.11. The highest BCUT2D eigenvalue weighted by Gasteiger charge is 2.22. The fourth-order valence-corrected chi connectivity index (χ4v) is 1.88. The summed E-state index contributed by atoms with van der Waals surface area (Å²) in [5.74, 6) is 0.772. The summed E-state index contributed by atoms with van der Waals surface area (Å²) in [5.41, 5.74) is 5.77. The number of hydrogen-bond acceptors (Lipinski definition) is 1. The van der Waals surface area contributed by atoms with E-state index < -0.39 is 0 Å². The Morgan fingerprint density at radius 3 is 2.56 bits per heavy atom. The molecule has 0 aromatic heterocycles. The zero-order chi connectivity index (χ0) is 6.85. The van der Waals surface area contributed by atoms with Crippen LogP contribution >= 0.6 is 15.9 Å². The van der Waals surface area contributed by atoms with Gasteiger partial charge in [-0.3, -0.25) is 0 Å². The normalized spacial score (nSPS) is 45.0. The molecule has 0 aliphatic heterocycles. The molecule has 54 valence electrons. The monoisotopic (exact) mass is 191 g/mol. The van der Waals surface area contributed by atoms with Crippen molar-refractivity contribution < 1.29 is 0 Å². The first-order valence-electron chi connectivity index (χ1n) is 3.60. The van der Waals surface area contributed by atoms with E-state index in [2.05, 4.69) is 22.9 Å². The second-order valence-electron chi connectivity index (χ2n) is 3.07. The van der Waals surface area contributed by atoms with Gasteiger partial charge in [-0.05, 0) is 25.2 Å². The van der Waals surface area contributed by atoms with Crippen LogP contribution in [-0.2, 0) is 0 Å². The molecule has 2 unspecified atom stereocenters. The Morgan fingerprint density at radius 1 is 1.44 bits per heavy atom. The van der Waals surface area contributed by atoms with E-state index in [1.54, 1.807) is 0 Å². The molecule has 0 saturated heterocycles. The highest BCUT2D eigenvalue weighted by molar-refractivity contribution is 9.09. The summed E-state index contributed by atoms with van der Waals surface area (Å²) in [5, 5.41) is 0. The van der Waals surface area contributed by atoms with Crippen LogP contribution in [-0.4, -0.2) is 10.9 Å². The van der Waals surface area contributed by atoms with Crippen molar-refractivity contribution in [3.8, 4) is 0 Å². The van der Waals surface area contributed by atoms with E-state index in [0.29, 0.717) is 6.04 Å². The first-order valence-corrected chi connectivity index (χ1v) is 4.51. The van der Waals surface area contributed by atoms with Crippen LogP contribution in [0.25, 0.3) is 0 Å². The Kier molecular flexibility index (Phi) is 2.53. The third kappa shape index (κ3) is 1.94. The molecule has 1 rings (SSSR count). The summed E-state index contributed by atoms with van der Waals surface area (Å²) in [6, 6.07) is 0.466. The molecule has 0 aromatic rings. The predicted octanol–water partition coefficient (Wildman–Crippen LogP) is 1.90. The molecule has 1 aliphatic rings. The molecule has 0 aromatic carbocycles. The van der Waals surface area contributed by atoms with Crippen molar-refractivity contribution in [2.45, 2.75) is 37.1 Å². The van der Waals surface area contributed by atoms with Gasteiger partial charge in [-0.2, -0.15) is 0 Å². The highest BCUT2D eigenvalue weighted by Crippen LogP contribution is 2.28. The number of halogens is 1. The van der Waals surface area contributed by atoms with E-state index in [1.165, 1.54) is 19.3 Å². The van der Waals surface area contributed by atoms with Crippen molar-refractivity contribution in [2.24, 2.45) is 11.7 Å². The summed E-state index contributed by atoms with van der Waals surface area (Å²) in [7, 11) is 0. The van der Waals surface area contributed by atoms with Gasteiger partial charge in [0.25, 0.3) is 0 Å². The molecular weight excluding hydrogens is 178 g/mol. The zero-order valence-corrected chi connectivity index (χ0v) is 7.39. The van der Waals surface area contributed by atoms with Crippen molar-refractivity contribution in [1.29, 1.82) is 0 Å². The lowest BCUT2D eigenvalue weighted by atomic mass is 9.87. The lowest BCUT2D eigenvalue weighted by molar-refractivity contribution is 0.359. The van der Waals surface area contributed by atoms with Crippen LogP contribution < -0.4 is 5.73 Å². The van der Waals surface area contributed by atoms with E-state index in [9.17, 15) is 0 Å². The molecule has 0 radical (unpaired) electrons. The van der Waals surface area contributed by atoms with Crippen molar-refractivity contribution in [3.63, 3.8) is 0 Å². The Labute approximate surface area is 65.1 Å². The van der Waals surface area contributed by atoms with Gasteiger partial charge in [0, 0.05) is 10.9 Å².